The van der Waals surface area contributed by atoms with Gasteiger partial charge < -0.3 is 20.1 Å². The quantitative estimate of drug-likeness (QED) is 0.833. The first kappa shape index (κ1) is 18.0. The van der Waals surface area contributed by atoms with Crippen LogP contribution in [0.5, 0.6) is 11.5 Å². The third-order valence-electron chi connectivity index (χ3n) is 4.15. The molecule has 138 valence electrons. The number of carbonyl (C=O) groups is 1. The standard InChI is InChI=1S/C20H23FN2O3/c1-14(20(24)22-10-9-15-3-5-16(21)6-4-15)23-17-7-8-18-19(13-17)26-12-2-11-25-18/h3-8,13-14,23H,2,9-12H2,1H3,(H,22,24)/t14-/m1/s1. The Morgan fingerprint density at radius 1 is 1.12 bits per heavy atom. The topological polar surface area (TPSA) is 59.6 Å². The summed E-state index contributed by atoms with van der Waals surface area (Å²) in [6, 6.07) is 11.5. The number of ether oxygens (including phenoxy) is 2. The largest absolute Gasteiger partial charge is 0.490 e. The highest BCUT2D eigenvalue weighted by Crippen LogP contribution is 2.32. The average Bonchev–Trinajstić information content (AvgIpc) is 2.88. The van der Waals surface area contributed by atoms with Crippen LogP contribution in [-0.4, -0.2) is 31.7 Å². The van der Waals surface area contributed by atoms with E-state index in [1.54, 1.807) is 19.1 Å². The lowest BCUT2D eigenvalue weighted by Gasteiger charge is -2.16. The number of halogens is 1. The SMILES string of the molecule is C[C@@H](Nc1ccc2c(c1)OCCCO2)C(=O)NCCc1ccc(F)cc1. The molecule has 0 saturated carbocycles. The molecule has 2 N–H and O–H groups in total. The van der Waals surface area contributed by atoms with Crippen LogP contribution in [0.1, 0.15) is 18.9 Å². The lowest BCUT2D eigenvalue weighted by atomic mass is 10.1. The number of anilines is 1. The number of hydrogen-bond acceptors (Lipinski definition) is 4. The Hall–Kier alpha value is -2.76. The summed E-state index contributed by atoms with van der Waals surface area (Å²) in [5, 5.41) is 6.06. The number of rotatable bonds is 6. The zero-order valence-electron chi connectivity index (χ0n) is 14.8. The van der Waals surface area contributed by atoms with Crippen LogP contribution in [0.4, 0.5) is 10.1 Å². The molecule has 2 aromatic carbocycles. The molecule has 0 saturated heterocycles. The minimum Gasteiger partial charge on any atom is -0.490 e. The third kappa shape index (κ3) is 4.88. The molecule has 1 heterocycles. The van der Waals surface area contributed by atoms with Crippen molar-refractivity contribution in [2.75, 3.05) is 25.1 Å². The van der Waals surface area contributed by atoms with Gasteiger partial charge in [-0.05, 0) is 43.2 Å². The number of carbonyl (C=O) groups excluding carboxylic acids is 1. The monoisotopic (exact) mass is 358 g/mol. The lowest BCUT2D eigenvalue weighted by molar-refractivity contribution is -0.121. The van der Waals surface area contributed by atoms with Crippen LogP contribution in [-0.2, 0) is 11.2 Å². The van der Waals surface area contributed by atoms with Gasteiger partial charge >= 0.3 is 0 Å². The second-order valence-corrected chi connectivity index (χ2v) is 6.25. The van der Waals surface area contributed by atoms with Crippen LogP contribution in [0.15, 0.2) is 42.5 Å². The summed E-state index contributed by atoms with van der Waals surface area (Å²) in [6.07, 6.45) is 1.51. The van der Waals surface area contributed by atoms with E-state index in [4.69, 9.17) is 9.47 Å². The summed E-state index contributed by atoms with van der Waals surface area (Å²) in [6.45, 7) is 3.57. The number of amides is 1. The lowest BCUT2D eigenvalue weighted by Crippen LogP contribution is -2.38. The normalized spacial score (nSPS) is 14.2. The summed E-state index contributed by atoms with van der Waals surface area (Å²) in [7, 11) is 0. The van der Waals surface area contributed by atoms with Crippen LogP contribution < -0.4 is 20.1 Å². The molecule has 0 spiro atoms. The minimum atomic E-state index is -0.395. The summed E-state index contributed by atoms with van der Waals surface area (Å²) in [5.74, 6) is 1.06. The molecule has 1 aliphatic heterocycles. The van der Waals surface area contributed by atoms with Gasteiger partial charge in [0.1, 0.15) is 11.9 Å². The van der Waals surface area contributed by atoms with Gasteiger partial charge in [0.2, 0.25) is 5.91 Å². The Kier molecular flexibility index (Phi) is 5.94. The Morgan fingerprint density at radius 2 is 1.85 bits per heavy atom. The van der Waals surface area contributed by atoms with Crippen LogP contribution in [0.25, 0.3) is 0 Å². The van der Waals surface area contributed by atoms with E-state index >= 15 is 0 Å². The first-order valence-corrected chi connectivity index (χ1v) is 8.80. The highest BCUT2D eigenvalue weighted by Gasteiger charge is 2.15. The van der Waals surface area contributed by atoms with Gasteiger partial charge in [0, 0.05) is 24.7 Å². The van der Waals surface area contributed by atoms with Crippen molar-refractivity contribution in [2.45, 2.75) is 25.8 Å². The fraction of sp³-hybridized carbons (Fsp3) is 0.350. The molecular formula is C20H23FN2O3. The van der Waals surface area contributed by atoms with Crippen molar-refractivity contribution in [3.8, 4) is 11.5 Å². The maximum Gasteiger partial charge on any atom is 0.242 e. The van der Waals surface area contributed by atoms with Gasteiger partial charge in [-0.2, -0.15) is 0 Å². The second kappa shape index (κ2) is 8.56. The molecule has 2 aromatic rings. The van der Waals surface area contributed by atoms with Gasteiger partial charge in [0.25, 0.3) is 0 Å². The van der Waals surface area contributed by atoms with E-state index in [9.17, 15) is 9.18 Å². The zero-order valence-corrected chi connectivity index (χ0v) is 14.8. The number of hydrogen-bond donors (Lipinski definition) is 2. The van der Waals surface area contributed by atoms with Crippen molar-refractivity contribution in [3.63, 3.8) is 0 Å². The van der Waals surface area contributed by atoms with E-state index in [2.05, 4.69) is 10.6 Å². The van der Waals surface area contributed by atoms with E-state index in [1.165, 1.54) is 12.1 Å². The van der Waals surface area contributed by atoms with E-state index in [-0.39, 0.29) is 11.7 Å². The van der Waals surface area contributed by atoms with Crippen molar-refractivity contribution >= 4 is 11.6 Å². The van der Waals surface area contributed by atoms with Gasteiger partial charge in [-0.15, -0.1) is 0 Å². The number of nitrogens with one attached hydrogen (secondary N) is 2. The van der Waals surface area contributed by atoms with Crippen molar-refractivity contribution in [3.05, 3.63) is 53.8 Å². The van der Waals surface area contributed by atoms with Crippen LogP contribution in [0, 0.1) is 5.82 Å². The van der Waals surface area contributed by atoms with Gasteiger partial charge in [0.15, 0.2) is 11.5 Å². The van der Waals surface area contributed by atoms with Crippen molar-refractivity contribution in [1.29, 1.82) is 0 Å². The maximum atomic E-state index is 12.9. The van der Waals surface area contributed by atoms with Gasteiger partial charge in [-0.25, -0.2) is 4.39 Å². The summed E-state index contributed by atoms with van der Waals surface area (Å²) < 4.78 is 24.1. The van der Waals surface area contributed by atoms with E-state index in [0.717, 1.165) is 23.4 Å². The van der Waals surface area contributed by atoms with Crippen molar-refractivity contribution in [1.82, 2.24) is 5.32 Å². The van der Waals surface area contributed by atoms with E-state index in [1.807, 2.05) is 18.2 Å². The molecule has 0 unspecified atom stereocenters. The molecule has 1 amide bonds. The summed E-state index contributed by atoms with van der Waals surface area (Å²) in [5.41, 5.74) is 1.78. The predicted octanol–water partition coefficient (Wildman–Crippen LogP) is 3.15. The summed E-state index contributed by atoms with van der Waals surface area (Å²) >= 11 is 0. The molecule has 5 nitrogen and oxygen atoms in total. The molecule has 1 atom stereocenters. The van der Waals surface area contributed by atoms with Crippen LogP contribution >= 0.6 is 0 Å². The molecule has 0 radical (unpaired) electrons. The highest BCUT2D eigenvalue weighted by atomic mass is 19.1. The fourth-order valence-corrected chi connectivity index (χ4v) is 2.70. The second-order valence-electron chi connectivity index (χ2n) is 6.25. The average molecular weight is 358 g/mol. The molecule has 3 rings (SSSR count). The highest BCUT2D eigenvalue weighted by molar-refractivity contribution is 5.84. The smallest absolute Gasteiger partial charge is 0.242 e. The van der Waals surface area contributed by atoms with Gasteiger partial charge in [0.05, 0.1) is 13.2 Å². The van der Waals surface area contributed by atoms with Crippen molar-refractivity contribution in [2.24, 2.45) is 0 Å². The number of fused-ring (bicyclic) bond motifs is 1. The van der Waals surface area contributed by atoms with E-state index < -0.39 is 6.04 Å². The molecule has 0 fully saturated rings. The van der Waals surface area contributed by atoms with Crippen LogP contribution in [0.2, 0.25) is 0 Å². The summed E-state index contributed by atoms with van der Waals surface area (Å²) in [4.78, 5) is 12.2. The zero-order chi connectivity index (χ0) is 18.4. The molecule has 0 bridgehead atoms. The maximum absolute atomic E-state index is 12.9. The van der Waals surface area contributed by atoms with Gasteiger partial charge in [-0.1, -0.05) is 12.1 Å². The Labute approximate surface area is 152 Å². The number of benzene rings is 2. The fourth-order valence-electron chi connectivity index (χ4n) is 2.70. The molecule has 0 aliphatic carbocycles. The predicted molar refractivity (Wildman–Crippen MR) is 98.2 cm³/mol. The Bertz CT molecular complexity index is 749. The molecule has 0 aromatic heterocycles. The van der Waals surface area contributed by atoms with Crippen LogP contribution in [0.3, 0.4) is 0 Å². The van der Waals surface area contributed by atoms with Gasteiger partial charge in [-0.3, -0.25) is 4.79 Å². The Morgan fingerprint density at radius 3 is 2.62 bits per heavy atom. The first-order chi connectivity index (χ1) is 12.6. The molecular weight excluding hydrogens is 335 g/mol. The van der Waals surface area contributed by atoms with E-state index in [0.29, 0.717) is 31.9 Å². The molecule has 1 aliphatic rings. The molecule has 26 heavy (non-hydrogen) atoms. The first-order valence-electron chi connectivity index (χ1n) is 8.80. The third-order valence-corrected chi connectivity index (χ3v) is 4.15. The molecule has 6 heteroatoms. The minimum absolute atomic E-state index is 0.0979. The Balaban J connectivity index is 1.49. The van der Waals surface area contributed by atoms with Crippen molar-refractivity contribution < 1.29 is 18.7 Å².